The molecule has 158 valence electrons. The lowest BCUT2D eigenvalue weighted by Crippen LogP contribution is -2.70. The first kappa shape index (κ1) is 20.5. The van der Waals surface area contributed by atoms with Gasteiger partial charge < -0.3 is 9.80 Å². The molecule has 2 aromatic carbocycles. The number of carbonyl (C=O) groups excluding carboxylic acids is 2. The molecule has 6 heteroatoms. The van der Waals surface area contributed by atoms with Gasteiger partial charge in [-0.3, -0.25) is 14.5 Å². The first-order chi connectivity index (χ1) is 14.3. The van der Waals surface area contributed by atoms with E-state index in [-0.39, 0.29) is 29.0 Å². The summed E-state index contributed by atoms with van der Waals surface area (Å²) in [5.74, 6) is -0.671. The summed E-state index contributed by atoms with van der Waals surface area (Å²) in [6.45, 7) is 7.30. The van der Waals surface area contributed by atoms with Crippen LogP contribution in [0.25, 0.3) is 0 Å². The Balaban J connectivity index is 1.48. The molecule has 2 saturated heterocycles. The van der Waals surface area contributed by atoms with Gasteiger partial charge in [0.05, 0.1) is 12.0 Å². The zero-order chi connectivity index (χ0) is 21.3. The van der Waals surface area contributed by atoms with Crippen LogP contribution in [0.15, 0.2) is 54.6 Å². The van der Waals surface area contributed by atoms with Crippen LogP contribution >= 0.6 is 0 Å². The molecule has 0 unspecified atom stereocenters. The lowest BCUT2D eigenvalue weighted by molar-refractivity contribution is -0.137. The minimum atomic E-state index is -0.494. The van der Waals surface area contributed by atoms with Gasteiger partial charge in [-0.1, -0.05) is 42.5 Å². The number of piperazine rings is 2. The second kappa shape index (κ2) is 8.19. The summed E-state index contributed by atoms with van der Waals surface area (Å²) in [6, 6.07) is 15.9. The molecule has 2 aromatic rings. The van der Waals surface area contributed by atoms with Crippen molar-refractivity contribution in [3.63, 3.8) is 0 Å². The normalized spacial score (nSPS) is 21.2. The van der Waals surface area contributed by atoms with Gasteiger partial charge >= 0.3 is 0 Å². The maximum atomic E-state index is 14.2. The molecule has 1 atom stereocenters. The molecule has 0 bridgehead atoms. The van der Waals surface area contributed by atoms with Crippen LogP contribution in [-0.2, 0) is 11.2 Å². The molecule has 0 aromatic heterocycles. The minimum absolute atomic E-state index is 0.0398. The van der Waals surface area contributed by atoms with Crippen LogP contribution in [0.3, 0.4) is 0 Å². The maximum Gasteiger partial charge on any atom is 0.256 e. The Morgan fingerprint density at radius 1 is 0.967 bits per heavy atom. The molecule has 0 radical (unpaired) electrons. The van der Waals surface area contributed by atoms with Crippen molar-refractivity contribution in [1.29, 1.82) is 0 Å². The largest absolute Gasteiger partial charge is 0.339 e. The zero-order valence-electron chi connectivity index (χ0n) is 17.6. The van der Waals surface area contributed by atoms with E-state index < -0.39 is 5.82 Å². The summed E-state index contributed by atoms with van der Waals surface area (Å²) in [7, 11) is 0. The van der Waals surface area contributed by atoms with Crippen LogP contribution in [0.5, 0.6) is 0 Å². The zero-order valence-corrected chi connectivity index (χ0v) is 17.6. The Bertz CT molecular complexity index is 931. The molecule has 0 spiro atoms. The number of hydrogen-bond acceptors (Lipinski definition) is 3. The molecule has 4 rings (SSSR count). The highest BCUT2D eigenvalue weighted by atomic mass is 19.1. The number of carbonyl (C=O) groups is 2. The number of halogens is 1. The van der Waals surface area contributed by atoms with Gasteiger partial charge in [-0.05, 0) is 31.5 Å². The van der Waals surface area contributed by atoms with E-state index in [2.05, 4.69) is 18.7 Å². The Morgan fingerprint density at radius 2 is 1.63 bits per heavy atom. The summed E-state index contributed by atoms with van der Waals surface area (Å²) in [6.07, 6.45) is 0.384. The van der Waals surface area contributed by atoms with Gasteiger partial charge in [-0.15, -0.1) is 0 Å². The first-order valence-corrected chi connectivity index (χ1v) is 10.5. The van der Waals surface area contributed by atoms with Crippen LogP contribution < -0.4 is 0 Å². The van der Waals surface area contributed by atoms with E-state index in [0.29, 0.717) is 32.6 Å². The monoisotopic (exact) mass is 409 g/mol. The van der Waals surface area contributed by atoms with Crippen molar-refractivity contribution in [2.24, 2.45) is 0 Å². The van der Waals surface area contributed by atoms with E-state index in [9.17, 15) is 14.0 Å². The van der Waals surface area contributed by atoms with E-state index in [1.165, 1.54) is 12.1 Å². The predicted molar refractivity (Wildman–Crippen MR) is 114 cm³/mol. The molecule has 30 heavy (non-hydrogen) atoms. The maximum absolute atomic E-state index is 14.2. The number of hydrogen-bond donors (Lipinski definition) is 0. The molecule has 5 nitrogen and oxygen atoms in total. The summed E-state index contributed by atoms with van der Waals surface area (Å²) < 4.78 is 14.2. The fraction of sp³-hybridized carbons (Fsp3) is 0.417. The van der Waals surface area contributed by atoms with Crippen molar-refractivity contribution in [2.45, 2.75) is 31.8 Å². The average molecular weight is 410 g/mol. The van der Waals surface area contributed by atoms with Crippen LogP contribution in [0.4, 0.5) is 4.39 Å². The molecule has 0 N–H and O–H groups in total. The molecule has 0 aliphatic carbocycles. The predicted octanol–water partition coefficient (Wildman–Crippen LogP) is 2.82. The third kappa shape index (κ3) is 4.10. The van der Waals surface area contributed by atoms with Gasteiger partial charge in [-0.25, -0.2) is 4.39 Å². The van der Waals surface area contributed by atoms with E-state index in [4.69, 9.17) is 0 Å². The second-order valence-corrected chi connectivity index (χ2v) is 8.83. The van der Waals surface area contributed by atoms with Gasteiger partial charge in [0.15, 0.2) is 0 Å². The molecule has 2 aliphatic heterocycles. The molecule has 2 heterocycles. The molecule has 2 aliphatic rings. The van der Waals surface area contributed by atoms with E-state index in [1.54, 1.807) is 17.0 Å². The Morgan fingerprint density at radius 3 is 2.37 bits per heavy atom. The average Bonchev–Trinajstić information content (AvgIpc) is 2.73. The molecule has 0 saturated carbocycles. The van der Waals surface area contributed by atoms with E-state index in [1.807, 2.05) is 35.2 Å². The summed E-state index contributed by atoms with van der Waals surface area (Å²) in [4.78, 5) is 31.9. The van der Waals surface area contributed by atoms with Crippen LogP contribution in [0.2, 0.25) is 0 Å². The van der Waals surface area contributed by atoms with Crippen LogP contribution in [-0.4, -0.2) is 70.8 Å². The molecular weight excluding hydrogens is 381 g/mol. The second-order valence-electron chi connectivity index (χ2n) is 8.83. The van der Waals surface area contributed by atoms with Crippen molar-refractivity contribution in [3.05, 3.63) is 71.5 Å². The highest BCUT2D eigenvalue weighted by Gasteiger charge is 2.44. The van der Waals surface area contributed by atoms with Gasteiger partial charge in [0.25, 0.3) is 5.91 Å². The third-order valence-corrected chi connectivity index (χ3v) is 6.21. The van der Waals surface area contributed by atoms with E-state index >= 15 is 0 Å². The van der Waals surface area contributed by atoms with Crippen LogP contribution in [0.1, 0.15) is 29.8 Å². The van der Waals surface area contributed by atoms with E-state index in [0.717, 1.165) is 12.1 Å². The van der Waals surface area contributed by atoms with Crippen molar-refractivity contribution in [1.82, 2.24) is 14.7 Å². The Kier molecular flexibility index (Phi) is 5.60. The SMILES string of the molecule is CC1(C)CN(C(=O)c2ccccc2F)C[C@@H]2CN(C(=O)Cc3ccccc3)CCN21. The first-order valence-electron chi connectivity index (χ1n) is 10.5. The lowest BCUT2D eigenvalue weighted by Gasteiger charge is -2.55. The number of amides is 2. The molecule has 2 fully saturated rings. The van der Waals surface area contributed by atoms with Gasteiger partial charge in [0.2, 0.25) is 5.91 Å². The van der Waals surface area contributed by atoms with Gasteiger partial charge in [0, 0.05) is 44.3 Å². The highest BCUT2D eigenvalue weighted by molar-refractivity contribution is 5.94. The van der Waals surface area contributed by atoms with Gasteiger partial charge in [-0.2, -0.15) is 0 Å². The minimum Gasteiger partial charge on any atom is -0.339 e. The van der Waals surface area contributed by atoms with Crippen molar-refractivity contribution < 1.29 is 14.0 Å². The standard InChI is InChI=1S/C24H28FN3O2/c1-24(2)17-27(23(30)20-10-6-7-11-21(20)25)16-19-15-26(12-13-28(19)24)22(29)14-18-8-4-3-5-9-18/h3-11,19H,12-17H2,1-2H3/t19-/m0/s1. The summed E-state index contributed by atoms with van der Waals surface area (Å²) in [5, 5.41) is 0. The summed E-state index contributed by atoms with van der Waals surface area (Å²) >= 11 is 0. The smallest absolute Gasteiger partial charge is 0.256 e. The fourth-order valence-electron chi connectivity index (χ4n) is 4.75. The Hall–Kier alpha value is -2.73. The fourth-order valence-corrected chi connectivity index (χ4v) is 4.75. The molecule has 2 amide bonds. The number of nitrogens with zero attached hydrogens (tertiary/aromatic N) is 3. The third-order valence-electron chi connectivity index (χ3n) is 6.21. The number of rotatable bonds is 3. The topological polar surface area (TPSA) is 43.9 Å². The Labute approximate surface area is 177 Å². The van der Waals surface area contributed by atoms with Crippen molar-refractivity contribution >= 4 is 11.8 Å². The van der Waals surface area contributed by atoms with Crippen LogP contribution in [0, 0.1) is 5.82 Å². The summed E-state index contributed by atoms with van der Waals surface area (Å²) in [5.41, 5.74) is 0.873. The highest BCUT2D eigenvalue weighted by Crippen LogP contribution is 2.29. The van der Waals surface area contributed by atoms with Crippen molar-refractivity contribution in [3.8, 4) is 0 Å². The molecular formula is C24H28FN3O2. The quantitative estimate of drug-likeness (QED) is 0.783. The van der Waals surface area contributed by atoms with Gasteiger partial charge in [0.1, 0.15) is 5.82 Å². The number of fused-ring (bicyclic) bond motifs is 1. The number of benzene rings is 2. The lowest BCUT2D eigenvalue weighted by atomic mass is 9.92. The van der Waals surface area contributed by atoms with Crippen molar-refractivity contribution in [2.75, 3.05) is 32.7 Å².